The Morgan fingerprint density at radius 3 is 3.15 bits per heavy atom. The van der Waals surface area contributed by atoms with E-state index in [4.69, 9.17) is 5.84 Å². The number of nitrogens with zero attached hydrogens (tertiary/aromatic N) is 3. The summed E-state index contributed by atoms with van der Waals surface area (Å²) < 4.78 is 3.16. The minimum absolute atomic E-state index is 0.0944. The predicted octanol–water partition coefficient (Wildman–Crippen LogP) is 2.46. The fourth-order valence-electron chi connectivity index (χ4n) is 2.36. The van der Waals surface area contributed by atoms with Gasteiger partial charge < -0.3 is 0 Å². The highest BCUT2D eigenvalue weighted by atomic mass is 32.1. The molecular weight excluding hydrogens is 270 g/mol. The lowest BCUT2D eigenvalue weighted by molar-refractivity contribution is 0.520. The zero-order valence-corrected chi connectivity index (χ0v) is 12.1. The SMILES string of the molecule is CCCn1nccc1C(NN)c1cnc2ccsc2c1. The molecule has 0 aliphatic heterocycles. The largest absolute Gasteiger partial charge is 0.271 e. The predicted molar refractivity (Wildman–Crippen MR) is 81.3 cm³/mol. The maximum Gasteiger partial charge on any atom is 0.0893 e. The first kappa shape index (κ1) is 13.2. The van der Waals surface area contributed by atoms with E-state index in [0.717, 1.165) is 29.7 Å². The normalized spacial score (nSPS) is 12.9. The lowest BCUT2D eigenvalue weighted by Gasteiger charge is -2.17. The number of hydrogen-bond acceptors (Lipinski definition) is 5. The average molecular weight is 287 g/mol. The van der Waals surface area contributed by atoms with E-state index in [1.165, 1.54) is 4.70 Å². The van der Waals surface area contributed by atoms with Crippen molar-refractivity contribution in [2.45, 2.75) is 25.9 Å². The molecule has 0 saturated heterocycles. The second-order valence-corrected chi connectivity index (χ2v) is 5.60. The lowest BCUT2D eigenvalue weighted by Crippen LogP contribution is -2.30. The van der Waals surface area contributed by atoms with Crippen LogP contribution in [0.25, 0.3) is 10.2 Å². The van der Waals surface area contributed by atoms with Gasteiger partial charge in [0.15, 0.2) is 0 Å². The third-order valence-electron chi connectivity index (χ3n) is 3.30. The first-order valence-corrected chi connectivity index (χ1v) is 7.52. The maximum absolute atomic E-state index is 5.76. The van der Waals surface area contributed by atoms with E-state index in [-0.39, 0.29) is 6.04 Å². The molecule has 0 fully saturated rings. The first-order valence-electron chi connectivity index (χ1n) is 6.64. The monoisotopic (exact) mass is 287 g/mol. The molecule has 1 atom stereocenters. The molecule has 20 heavy (non-hydrogen) atoms. The van der Waals surface area contributed by atoms with Crippen molar-refractivity contribution in [3.8, 4) is 0 Å². The van der Waals surface area contributed by atoms with Gasteiger partial charge in [0.05, 0.1) is 22.0 Å². The summed E-state index contributed by atoms with van der Waals surface area (Å²) in [5.74, 6) is 5.76. The number of hydrazine groups is 1. The molecule has 0 spiro atoms. The van der Waals surface area contributed by atoms with Crippen LogP contribution in [-0.2, 0) is 6.54 Å². The molecule has 0 aliphatic carbocycles. The molecular formula is C14H17N5S. The highest BCUT2D eigenvalue weighted by Gasteiger charge is 2.17. The molecule has 3 rings (SSSR count). The Morgan fingerprint density at radius 1 is 1.45 bits per heavy atom. The number of fused-ring (bicyclic) bond motifs is 1. The topological polar surface area (TPSA) is 68.8 Å². The maximum atomic E-state index is 5.76. The first-order chi connectivity index (χ1) is 9.83. The van der Waals surface area contributed by atoms with Crippen molar-refractivity contribution in [1.82, 2.24) is 20.2 Å². The number of nitrogens with one attached hydrogen (secondary N) is 1. The summed E-state index contributed by atoms with van der Waals surface area (Å²) >= 11 is 1.69. The molecule has 0 saturated carbocycles. The Balaban J connectivity index is 2.01. The van der Waals surface area contributed by atoms with Gasteiger partial charge in [0.25, 0.3) is 0 Å². The van der Waals surface area contributed by atoms with Gasteiger partial charge >= 0.3 is 0 Å². The van der Waals surface area contributed by atoms with Gasteiger partial charge in [-0.3, -0.25) is 15.5 Å². The van der Waals surface area contributed by atoms with Crippen molar-refractivity contribution >= 4 is 21.6 Å². The fourth-order valence-corrected chi connectivity index (χ4v) is 3.15. The van der Waals surface area contributed by atoms with E-state index in [9.17, 15) is 0 Å². The molecule has 3 heterocycles. The molecule has 3 N–H and O–H groups in total. The number of pyridine rings is 1. The van der Waals surface area contributed by atoms with Gasteiger partial charge in [-0.25, -0.2) is 5.43 Å². The Hall–Kier alpha value is -1.76. The van der Waals surface area contributed by atoms with Crippen molar-refractivity contribution in [3.05, 3.63) is 47.2 Å². The molecule has 1 unspecified atom stereocenters. The molecule has 104 valence electrons. The van der Waals surface area contributed by atoms with Gasteiger partial charge in [0.1, 0.15) is 0 Å². The Morgan fingerprint density at radius 2 is 2.35 bits per heavy atom. The lowest BCUT2D eigenvalue weighted by atomic mass is 10.1. The third-order valence-corrected chi connectivity index (χ3v) is 4.16. The van der Waals surface area contributed by atoms with Crippen LogP contribution < -0.4 is 11.3 Å². The summed E-state index contributed by atoms with van der Waals surface area (Å²) in [6.45, 7) is 3.02. The van der Waals surface area contributed by atoms with E-state index in [1.807, 2.05) is 34.6 Å². The molecule has 0 bridgehead atoms. The number of thiophene rings is 1. The van der Waals surface area contributed by atoms with Gasteiger partial charge in [0.2, 0.25) is 0 Å². The smallest absolute Gasteiger partial charge is 0.0893 e. The minimum Gasteiger partial charge on any atom is -0.271 e. The van der Waals surface area contributed by atoms with Crippen LogP contribution in [0.4, 0.5) is 0 Å². The van der Waals surface area contributed by atoms with Crippen LogP contribution in [-0.4, -0.2) is 14.8 Å². The van der Waals surface area contributed by atoms with Gasteiger partial charge in [-0.1, -0.05) is 6.92 Å². The Kier molecular flexibility index (Phi) is 3.77. The van der Waals surface area contributed by atoms with E-state index in [1.54, 1.807) is 11.3 Å². The van der Waals surface area contributed by atoms with E-state index in [0.29, 0.717) is 0 Å². The van der Waals surface area contributed by atoms with E-state index < -0.39 is 0 Å². The van der Waals surface area contributed by atoms with Crippen molar-refractivity contribution in [2.75, 3.05) is 0 Å². The van der Waals surface area contributed by atoms with Gasteiger partial charge in [0, 0.05) is 18.9 Å². The average Bonchev–Trinajstić information content (AvgIpc) is 3.09. The van der Waals surface area contributed by atoms with Crippen molar-refractivity contribution < 1.29 is 0 Å². The van der Waals surface area contributed by atoms with E-state index >= 15 is 0 Å². The summed E-state index contributed by atoms with van der Waals surface area (Å²) in [5.41, 5.74) is 6.02. The van der Waals surface area contributed by atoms with Gasteiger partial charge in [-0.15, -0.1) is 11.3 Å². The summed E-state index contributed by atoms with van der Waals surface area (Å²) in [6.07, 6.45) is 4.73. The molecule has 3 aromatic heterocycles. The van der Waals surface area contributed by atoms with Gasteiger partial charge in [-0.2, -0.15) is 5.10 Å². The van der Waals surface area contributed by atoms with Crippen LogP contribution in [0.1, 0.15) is 30.6 Å². The third kappa shape index (κ3) is 2.33. The minimum atomic E-state index is -0.0944. The molecule has 3 aromatic rings. The highest BCUT2D eigenvalue weighted by Crippen LogP contribution is 2.26. The molecule has 0 aliphatic rings. The van der Waals surface area contributed by atoms with Crippen LogP contribution in [0, 0.1) is 0 Å². The van der Waals surface area contributed by atoms with Crippen molar-refractivity contribution in [3.63, 3.8) is 0 Å². The summed E-state index contributed by atoms with van der Waals surface area (Å²) in [6, 6.07) is 6.07. The zero-order chi connectivity index (χ0) is 13.9. The highest BCUT2D eigenvalue weighted by molar-refractivity contribution is 7.17. The molecule has 5 nitrogen and oxygen atoms in total. The second kappa shape index (κ2) is 5.70. The second-order valence-electron chi connectivity index (χ2n) is 4.65. The summed E-state index contributed by atoms with van der Waals surface area (Å²) in [4.78, 5) is 4.48. The number of nitrogens with two attached hydrogens (primary N) is 1. The van der Waals surface area contributed by atoms with Crippen LogP contribution in [0.15, 0.2) is 36.0 Å². The summed E-state index contributed by atoms with van der Waals surface area (Å²) in [7, 11) is 0. The van der Waals surface area contributed by atoms with E-state index in [2.05, 4.69) is 28.5 Å². The van der Waals surface area contributed by atoms with Crippen molar-refractivity contribution in [2.24, 2.45) is 5.84 Å². The molecule has 0 radical (unpaired) electrons. The zero-order valence-electron chi connectivity index (χ0n) is 11.3. The number of aromatic nitrogens is 3. The Labute approximate surface area is 121 Å². The number of hydrogen-bond donors (Lipinski definition) is 2. The standard InChI is InChI=1S/C14H17N5S/c1-2-6-19-12(3-5-17-19)14(18-15)10-8-13-11(16-9-10)4-7-20-13/h3-5,7-9,14,18H,2,6,15H2,1H3. The quantitative estimate of drug-likeness (QED) is 0.558. The number of aryl methyl sites for hydroxylation is 1. The van der Waals surface area contributed by atoms with Gasteiger partial charge in [-0.05, 0) is 35.6 Å². The number of rotatable bonds is 5. The Bertz CT molecular complexity index is 702. The molecule has 6 heteroatoms. The van der Waals surface area contributed by atoms with Crippen LogP contribution in [0.2, 0.25) is 0 Å². The summed E-state index contributed by atoms with van der Waals surface area (Å²) in [5, 5.41) is 6.41. The van der Waals surface area contributed by atoms with Crippen LogP contribution in [0.3, 0.4) is 0 Å². The molecule has 0 amide bonds. The van der Waals surface area contributed by atoms with Crippen LogP contribution >= 0.6 is 11.3 Å². The fraction of sp³-hybridized carbons (Fsp3) is 0.286. The van der Waals surface area contributed by atoms with Crippen LogP contribution in [0.5, 0.6) is 0 Å². The van der Waals surface area contributed by atoms with Crippen molar-refractivity contribution in [1.29, 1.82) is 0 Å². The molecule has 0 aromatic carbocycles.